The largest absolute Gasteiger partial charge is 0.330 e. The van der Waals surface area contributed by atoms with Crippen molar-refractivity contribution in [3.05, 3.63) is 50.9 Å². The van der Waals surface area contributed by atoms with Crippen LogP contribution in [0.15, 0.2) is 35.0 Å². The molecular formula is C14H14N2S2. The molecule has 1 aromatic carbocycles. The maximum atomic E-state index is 5.42. The number of imidazole rings is 1. The van der Waals surface area contributed by atoms with E-state index < -0.39 is 0 Å². The van der Waals surface area contributed by atoms with Crippen LogP contribution >= 0.6 is 23.6 Å². The van der Waals surface area contributed by atoms with Crippen LogP contribution in [0.25, 0.3) is 11.0 Å². The first-order valence-electron chi connectivity index (χ1n) is 5.95. The molecule has 18 heavy (non-hydrogen) atoms. The molecule has 3 aromatic rings. The summed E-state index contributed by atoms with van der Waals surface area (Å²) in [6, 6.07) is 8.49. The fourth-order valence-corrected chi connectivity index (χ4v) is 3.22. The van der Waals surface area contributed by atoms with Crippen molar-refractivity contribution in [2.45, 2.75) is 19.9 Å². The molecule has 0 atom stereocenters. The number of thiophene rings is 1. The van der Waals surface area contributed by atoms with Gasteiger partial charge in [-0.25, -0.2) is 0 Å². The topological polar surface area (TPSA) is 20.7 Å². The predicted octanol–water partition coefficient (Wildman–Crippen LogP) is 4.31. The summed E-state index contributed by atoms with van der Waals surface area (Å²) >= 11 is 7.16. The lowest BCUT2D eigenvalue weighted by Crippen LogP contribution is -2.00. The zero-order chi connectivity index (χ0) is 12.5. The molecule has 2 aromatic heterocycles. The zero-order valence-corrected chi connectivity index (χ0v) is 11.8. The van der Waals surface area contributed by atoms with Crippen LogP contribution in [0.1, 0.15) is 11.1 Å². The lowest BCUT2D eigenvalue weighted by molar-refractivity contribution is 0.708. The van der Waals surface area contributed by atoms with Gasteiger partial charge in [0.2, 0.25) is 0 Å². The van der Waals surface area contributed by atoms with Crippen molar-refractivity contribution in [2.24, 2.45) is 0 Å². The second-order valence-electron chi connectivity index (χ2n) is 4.43. The Bertz CT molecular complexity index is 720. The van der Waals surface area contributed by atoms with Crippen molar-refractivity contribution in [2.75, 3.05) is 0 Å². The second-order valence-corrected chi connectivity index (χ2v) is 5.60. The SMILES string of the molecule is Cc1cccc2c1[nH]c(=S)n2CCc1ccsc1. The van der Waals surface area contributed by atoms with Crippen LogP contribution in [0.3, 0.4) is 0 Å². The summed E-state index contributed by atoms with van der Waals surface area (Å²) in [5.74, 6) is 0. The Morgan fingerprint density at radius 2 is 2.22 bits per heavy atom. The Labute approximate surface area is 115 Å². The van der Waals surface area contributed by atoms with Gasteiger partial charge in [-0.1, -0.05) is 12.1 Å². The van der Waals surface area contributed by atoms with Crippen molar-refractivity contribution >= 4 is 34.6 Å². The van der Waals surface area contributed by atoms with Gasteiger partial charge in [-0.05, 0) is 59.6 Å². The van der Waals surface area contributed by atoms with Crippen LogP contribution < -0.4 is 0 Å². The van der Waals surface area contributed by atoms with E-state index in [1.165, 1.54) is 16.6 Å². The summed E-state index contributed by atoms with van der Waals surface area (Å²) in [6.45, 7) is 3.04. The number of benzene rings is 1. The summed E-state index contributed by atoms with van der Waals surface area (Å²) in [6.07, 6.45) is 1.03. The van der Waals surface area contributed by atoms with Gasteiger partial charge in [-0.15, -0.1) is 0 Å². The Morgan fingerprint density at radius 3 is 3.00 bits per heavy atom. The maximum Gasteiger partial charge on any atom is 0.178 e. The fraction of sp³-hybridized carbons (Fsp3) is 0.214. The number of hydrogen-bond acceptors (Lipinski definition) is 2. The minimum absolute atomic E-state index is 0.814. The molecule has 92 valence electrons. The van der Waals surface area contributed by atoms with Gasteiger partial charge in [-0.3, -0.25) is 0 Å². The molecule has 2 nitrogen and oxygen atoms in total. The Balaban J connectivity index is 1.99. The third-order valence-electron chi connectivity index (χ3n) is 3.22. The molecule has 0 radical (unpaired) electrons. The molecule has 4 heteroatoms. The van der Waals surface area contributed by atoms with Crippen molar-refractivity contribution in [1.82, 2.24) is 9.55 Å². The molecule has 0 bridgehead atoms. The number of fused-ring (bicyclic) bond motifs is 1. The first-order valence-corrected chi connectivity index (χ1v) is 7.30. The number of nitrogens with one attached hydrogen (secondary N) is 1. The van der Waals surface area contributed by atoms with Gasteiger partial charge in [0, 0.05) is 6.54 Å². The van der Waals surface area contributed by atoms with Crippen molar-refractivity contribution in [3.8, 4) is 0 Å². The van der Waals surface area contributed by atoms with Crippen LogP contribution in [-0.2, 0) is 13.0 Å². The second kappa shape index (κ2) is 4.71. The minimum Gasteiger partial charge on any atom is -0.330 e. The lowest BCUT2D eigenvalue weighted by Gasteiger charge is -2.03. The molecule has 0 unspecified atom stereocenters. The van der Waals surface area contributed by atoms with E-state index in [4.69, 9.17) is 12.2 Å². The number of rotatable bonds is 3. The van der Waals surface area contributed by atoms with Crippen LogP contribution in [-0.4, -0.2) is 9.55 Å². The van der Waals surface area contributed by atoms with Gasteiger partial charge >= 0.3 is 0 Å². The molecule has 3 rings (SSSR count). The van der Waals surface area contributed by atoms with Crippen molar-refractivity contribution in [1.29, 1.82) is 0 Å². The van der Waals surface area contributed by atoms with E-state index in [2.05, 4.69) is 51.5 Å². The van der Waals surface area contributed by atoms with E-state index in [9.17, 15) is 0 Å². The van der Waals surface area contributed by atoms with Crippen LogP contribution in [0.5, 0.6) is 0 Å². The lowest BCUT2D eigenvalue weighted by atomic mass is 10.2. The molecule has 0 spiro atoms. The summed E-state index contributed by atoms with van der Waals surface area (Å²) < 4.78 is 3.00. The van der Waals surface area contributed by atoms with E-state index in [0.717, 1.165) is 23.3 Å². The highest BCUT2D eigenvalue weighted by Crippen LogP contribution is 2.18. The molecule has 0 saturated heterocycles. The number of para-hydroxylation sites is 1. The van der Waals surface area contributed by atoms with E-state index in [-0.39, 0.29) is 0 Å². The van der Waals surface area contributed by atoms with Gasteiger partial charge in [-0.2, -0.15) is 11.3 Å². The van der Waals surface area contributed by atoms with Crippen molar-refractivity contribution in [3.63, 3.8) is 0 Å². The van der Waals surface area contributed by atoms with E-state index >= 15 is 0 Å². The molecule has 0 aliphatic rings. The highest BCUT2D eigenvalue weighted by atomic mass is 32.1. The summed E-state index contributed by atoms with van der Waals surface area (Å²) in [7, 11) is 0. The zero-order valence-electron chi connectivity index (χ0n) is 10.1. The van der Waals surface area contributed by atoms with Gasteiger partial charge in [0.25, 0.3) is 0 Å². The van der Waals surface area contributed by atoms with Gasteiger partial charge in [0.15, 0.2) is 4.77 Å². The smallest absolute Gasteiger partial charge is 0.178 e. The van der Waals surface area contributed by atoms with Crippen LogP contribution in [0.4, 0.5) is 0 Å². The monoisotopic (exact) mass is 274 g/mol. The Kier molecular flexibility index (Phi) is 3.06. The number of hydrogen-bond donors (Lipinski definition) is 1. The quantitative estimate of drug-likeness (QED) is 0.706. The molecule has 0 saturated carbocycles. The maximum absolute atomic E-state index is 5.42. The third-order valence-corrected chi connectivity index (χ3v) is 4.28. The molecule has 2 heterocycles. The van der Waals surface area contributed by atoms with Gasteiger partial charge in [0.05, 0.1) is 11.0 Å². The van der Waals surface area contributed by atoms with Crippen LogP contribution in [0, 0.1) is 11.7 Å². The highest BCUT2D eigenvalue weighted by molar-refractivity contribution is 7.71. The average Bonchev–Trinajstić information content (AvgIpc) is 2.95. The molecular weight excluding hydrogens is 260 g/mol. The summed E-state index contributed by atoms with van der Waals surface area (Å²) in [5.41, 5.74) is 4.99. The Morgan fingerprint density at radius 1 is 1.33 bits per heavy atom. The third kappa shape index (κ3) is 2.02. The van der Waals surface area contributed by atoms with Gasteiger partial charge in [0.1, 0.15) is 0 Å². The molecule has 0 aliphatic heterocycles. The van der Waals surface area contributed by atoms with E-state index in [1.807, 2.05) is 0 Å². The summed E-state index contributed by atoms with van der Waals surface area (Å²) in [4.78, 5) is 3.31. The number of aromatic nitrogens is 2. The molecule has 0 fully saturated rings. The number of aryl methyl sites for hydroxylation is 3. The summed E-state index contributed by atoms with van der Waals surface area (Å²) in [5, 5.41) is 4.32. The van der Waals surface area contributed by atoms with Crippen LogP contribution in [0.2, 0.25) is 0 Å². The molecule has 0 aliphatic carbocycles. The standard InChI is InChI=1S/C14H14N2S2/c1-10-3-2-4-12-13(10)15-14(17)16(12)7-5-11-6-8-18-9-11/h2-4,6,8-9H,5,7H2,1H3,(H,15,17). The molecule has 0 amide bonds. The number of aromatic amines is 1. The highest BCUT2D eigenvalue weighted by Gasteiger charge is 2.06. The fourth-order valence-electron chi connectivity index (χ4n) is 2.22. The average molecular weight is 274 g/mol. The van der Waals surface area contributed by atoms with E-state index in [0.29, 0.717) is 0 Å². The predicted molar refractivity (Wildman–Crippen MR) is 79.9 cm³/mol. The van der Waals surface area contributed by atoms with Crippen molar-refractivity contribution < 1.29 is 0 Å². The normalized spacial score (nSPS) is 11.2. The number of H-pyrrole nitrogens is 1. The first kappa shape index (κ1) is 11.7. The molecule has 1 N–H and O–H groups in total. The first-order chi connectivity index (χ1) is 8.75. The van der Waals surface area contributed by atoms with Gasteiger partial charge < -0.3 is 9.55 Å². The number of nitrogens with zero attached hydrogens (tertiary/aromatic N) is 1. The Hall–Kier alpha value is -1.39. The van der Waals surface area contributed by atoms with E-state index in [1.54, 1.807) is 11.3 Å². The minimum atomic E-state index is 0.814.